The molecule has 2 aromatic carbocycles. The lowest BCUT2D eigenvalue weighted by Crippen LogP contribution is -2.37. The number of hydrogen-bond donors (Lipinski definition) is 0. The molecule has 0 bridgehead atoms. The van der Waals surface area contributed by atoms with Crippen LogP contribution in [0.5, 0.6) is 11.5 Å². The highest BCUT2D eigenvalue weighted by atomic mass is 32.1. The van der Waals surface area contributed by atoms with Crippen molar-refractivity contribution < 1.29 is 19.0 Å². The van der Waals surface area contributed by atoms with E-state index in [0.717, 1.165) is 29.7 Å². The summed E-state index contributed by atoms with van der Waals surface area (Å²) >= 11 is 1.43. The van der Waals surface area contributed by atoms with Crippen molar-refractivity contribution in [2.45, 2.75) is 25.9 Å². The van der Waals surface area contributed by atoms with E-state index in [-0.39, 0.29) is 12.0 Å². The Morgan fingerprint density at radius 1 is 1.17 bits per heavy atom. The van der Waals surface area contributed by atoms with Gasteiger partial charge < -0.3 is 14.2 Å². The van der Waals surface area contributed by atoms with Gasteiger partial charge >= 0.3 is 0 Å². The number of anilines is 1. The van der Waals surface area contributed by atoms with E-state index >= 15 is 0 Å². The summed E-state index contributed by atoms with van der Waals surface area (Å²) in [6.07, 6.45) is 1.97. The Morgan fingerprint density at radius 3 is 2.55 bits per heavy atom. The van der Waals surface area contributed by atoms with Crippen molar-refractivity contribution in [3.05, 3.63) is 47.5 Å². The second-order valence-corrected chi connectivity index (χ2v) is 8.04. The van der Waals surface area contributed by atoms with E-state index < -0.39 is 0 Å². The Bertz CT molecular complexity index is 969. The smallest absolute Gasteiger partial charge is 0.260 e. The minimum absolute atomic E-state index is 0.0141. The first kappa shape index (κ1) is 19.7. The second kappa shape index (κ2) is 8.39. The van der Waals surface area contributed by atoms with Gasteiger partial charge in [0.15, 0.2) is 5.13 Å². The normalized spacial score (nSPS) is 16.2. The molecule has 0 N–H and O–H groups in total. The number of fused-ring (bicyclic) bond motifs is 1. The Labute approximate surface area is 174 Å². The molecular formula is C22H24N2O4S. The number of amides is 1. The number of ether oxygens (including phenoxy) is 3. The lowest BCUT2D eigenvalue weighted by molar-refractivity contribution is 0.0917. The molecule has 0 spiro atoms. The van der Waals surface area contributed by atoms with Crippen molar-refractivity contribution in [3.8, 4) is 11.5 Å². The van der Waals surface area contributed by atoms with Crippen LogP contribution in [0, 0.1) is 6.92 Å². The van der Waals surface area contributed by atoms with Crippen molar-refractivity contribution in [3.63, 3.8) is 0 Å². The average molecular weight is 413 g/mol. The van der Waals surface area contributed by atoms with Crippen molar-refractivity contribution in [2.75, 3.05) is 32.3 Å². The van der Waals surface area contributed by atoms with Crippen LogP contribution in [0.15, 0.2) is 36.4 Å². The van der Waals surface area contributed by atoms with Crippen LogP contribution in [-0.4, -0.2) is 44.4 Å². The van der Waals surface area contributed by atoms with Gasteiger partial charge in [-0.15, -0.1) is 0 Å². The highest BCUT2D eigenvalue weighted by Crippen LogP contribution is 2.40. The van der Waals surface area contributed by atoms with Gasteiger partial charge in [-0.25, -0.2) is 4.98 Å². The third-order valence-corrected chi connectivity index (χ3v) is 6.18. The molecule has 1 amide bonds. The number of benzene rings is 2. The lowest BCUT2D eigenvalue weighted by atomic mass is 10.1. The summed E-state index contributed by atoms with van der Waals surface area (Å²) in [4.78, 5) is 19.9. The third-order valence-electron chi connectivity index (χ3n) is 5.08. The second-order valence-electron chi connectivity index (χ2n) is 7.06. The quantitative estimate of drug-likeness (QED) is 0.599. The number of rotatable bonds is 6. The van der Waals surface area contributed by atoms with Crippen LogP contribution >= 0.6 is 11.3 Å². The number of carbonyl (C=O) groups excluding carboxylic acids is 1. The fourth-order valence-electron chi connectivity index (χ4n) is 3.48. The SMILES string of the molecule is COc1ccc(OC)c2sc(N(CC3CCCO3)C(=O)c3ccc(C)cc3)nc12. The highest BCUT2D eigenvalue weighted by molar-refractivity contribution is 7.22. The Kier molecular flexibility index (Phi) is 5.69. The summed E-state index contributed by atoms with van der Waals surface area (Å²) in [6, 6.07) is 11.3. The summed E-state index contributed by atoms with van der Waals surface area (Å²) in [6.45, 7) is 3.21. The zero-order valence-corrected chi connectivity index (χ0v) is 17.6. The molecule has 7 heteroatoms. The molecule has 1 atom stereocenters. The molecule has 2 heterocycles. The van der Waals surface area contributed by atoms with Gasteiger partial charge in [-0.1, -0.05) is 29.0 Å². The molecule has 1 saturated heterocycles. The summed E-state index contributed by atoms with van der Waals surface area (Å²) in [5, 5.41) is 0.615. The lowest BCUT2D eigenvalue weighted by Gasteiger charge is -2.23. The monoisotopic (exact) mass is 412 g/mol. The van der Waals surface area contributed by atoms with Gasteiger partial charge in [0, 0.05) is 12.2 Å². The molecule has 1 aromatic heterocycles. The summed E-state index contributed by atoms with van der Waals surface area (Å²) < 4.78 is 17.6. The first-order chi connectivity index (χ1) is 14.1. The zero-order valence-electron chi connectivity index (χ0n) is 16.8. The maximum atomic E-state index is 13.4. The maximum Gasteiger partial charge on any atom is 0.260 e. The standard InChI is InChI=1S/C22H24N2O4S/c1-14-6-8-15(9-7-14)21(25)24(13-16-5-4-12-28-16)22-23-19-17(26-2)10-11-18(27-3)20(19)29-22/h6-11,16H,4-5,12-13H2,1-3H3. The Hall–Kier alpha value is -2.64. The van der Waals surface area contributed by atoms with E-state index in [1.165, 1.54) is 11.3 Å². The molecule has 152 valence electrons. The van der Waals surface area contributed by atoms with Crippen molar-refractivity contribution in [1.82, 2.24) is 4.98 Å². The van der Waals surface area contributed by atoms with Crippen LogP contribution in [0.4, 0.5) is 5.13 Å². The van der Waals surface area contributed by atoms with Gasteiger partial charge in [-0.2, -0.15) is 0 Å². The maximum absolute atomic E-state index is 13.4. The number of nitrogens with zero attached hydrogens (tertiary/aromatic N) is 2. The Morgan fingerprint density at radius 2 is 1.90 bits per heavy atom. The van der Waals surface area contributed by atoms with E-state index in [1.807, 2.05) is 43.3 Å². The number of hydrogen-bond acceptors (Lipinski definition) is 6. The summed E-state index contributed by atoms with van der Waals surface area (Å²) in [5.41, 5.74) is 2.44. The molecule has 1 aliphatic rings. The van der Waals surface area contributed by atoms with Gasteiger partial charge in [0.1, 0.15) is 21.7 Å². The van der Waals surface area contributed by atoms with Crippen LogP contribution < -0.4 is 14.4 Å². The third kappa shape index (κ3) is 3.93. The summed E-state index contributed by atoms with van der Waals surface area (Å²) in [7, 11) is 3.24. The van der Waals surface area contributed by atoms with Crippen LogP contribution in [0.3, 0.4) is 0 Å². The van der Waals surface area contributed by atoms with Gasteiger partial charge in [-0.3, -0.25) is 9.69 Å². The first-order valence-electron chi connectivity index (χ1n) is 9.62. The number of carbonyl (C=O) groups is 1. The van der Waals surface area contributed by atoms with Crippen LogP contribution in [0.1, 0.15) is 28.8 Å². The van der Waals surface area contributed by atoms with E-state index in [1.54, 1.807) is 19.1 Å². The fraction of sp³-hybridized carbons (Fsp3) is 0.364. The molecule has 3 aromatic rings. The molecule has 0 aliphatic carbocycles. The predicted octanol–water partition coefficient (Wildman–Crippen LogP) is 4.45. The van der Waals surface area contributed by atoms with E-state index in [2.05, 4.69) is 0 Å². The number of thiazole rings is 1. The molecular weight excluding hydrogens is 388 g/mol. The Balaban J connectivity index is 1.77. The number of aromatic nitrogens is 1. The van der Waals surface area contributed by atoms with Gasteiger partial charge in [0.25, 0.3) is 5.91 Å². The zero-order chi connectivity index (χ0) is 20.4. The number of methoxy groups -OCH3 is 2. The van der Waals surface area contributed by atoms with E-state index in [4.69, 9.17) is 19.2 Å². The predicted molar refractivity (Wildman–Crippen MR) is 115 cm³/mol. The topological polar surface area (TPSA) is 60.9 Å². The molecule has 4 rings (SSSR count). The summed E-state index contributed by atoms with van der Waals surface area (Å²) in [5.74, 6) is 1.28. The van der Waals surface area contributed by atoms with Crippen LogP contribution in [-0.2, 0) is 4.74 Å². The molecule has 1 aliphatic heterocycles. The molecule has 0 radical (unpaired) electrons. The molecule has 1 fully saturated rings. The van der Waals surface area contributed by atoms with Crippen LogP contribution in [0.2, 0.25) is 0 Å². The highest BCUT2D eigenvalue weighted by Gasteiger charge is 2.28. The molecule has 6 nitrogen and oxygen atoms in total. The fourth-order valence-corrected chi connectivity index (χ4v) is 4.56. The van der Waals surface area contributed by atoms with Gasteiger partial charge in [-0.05, 0) is 44.0 Å². The van der Waals surface area contributed by atoms with Gasteiger partial charge in [0.05, 0.1) is 26.9 Å². The van der Waals surface area contributed by atoms with Crippen molar-refractivity contribution in [1.29, 1.82) is 0 Å². The minimum Gasteiger partial charge on any atom is -0.495 e. The largest absolute Gasteiger partial charge is 0.495 e. The van der Waals surface area contributed by atoms with Crippen molar-refractivity contribution >= 4 is 32.6 Å². The van der Waals surface area contributed by atoms with Crippen LogP contribution in [0.25, 0.3) is 10.2 Å². The molecule has 1 unspecified atom stereocenters. The average Bonchev–Trinajstić information content (AvgIpc) is 3.41. The van der Waals surface area contributed by atoms with E-state index in [9.17, 15) is 4.79 Å². The van der Waals surface area contributed by atoms with Gasteiger partial charge in [0.2, 0.25) is 0 Å². The minimum atomic E-state index is -0.0857. The number of aryl methyl sites for hydroxylation is 1. The first-order valence-corrected chi connectivity index (χ1v) is 10.4. The molecule has 29 heavy (non-hydrogen) atoms. The van der Waals surface area contributed by atoms with Crippen molar-refractivity contribution in [2.24, 2.45) is 0 Å². The van der Waals surface area contributed by atoms with E-state index in [0.29, 0.717) is 34.3 Å². The molecule has 0 saturated carbocycles.